The zero-order valence-corrected chi connectivity index (χ0v) is 10.1. The summed E-state index contributed by atoms with van der Waals surface area (Å²) in [4.78, 5) is 5.76. The van der Waals surface area contributed by atoms with Crippen LogP contribution in [0.25, 0.3) is 0 Å². The summed E-state index contributed by atoms with van der Waals surface area (Å²) in [6.45, 7) is 2.72. The molecule has 0 atom stereocenters. The molecule has 0 aromatic rings. The van der Waals surface area contributed by atoms with Crippen molar-refractivity contribution in [2.75, 3.05) is 27.2 Å². The van der Waals surface area contributed by atoms with Crippen molar-refractivity contribution in [3.63, 3.8) is 0 Å². The third kappa shape index (κ3) is 7.36. The van der Waals surface area contributed by atoms with Gasteiger partial charge in [0.15, 0.2) is 5.96 Å². The second-order valence-corrected chi connectivity index (χ2v) is 3.61. The van der Waals surface area contributed by atoms with Crippen LogP contribution in [0.1, 0.15) is 26.2 Å². The number of unbranched alkanes of at least 4 members (excludes halogenated alkanes) is 1. The van der Waals surface area contributed by atoms with Gasteiger partial charge in [-0.25, -0.2) is 0 Å². The Morgan fingerprint density at radius 2 is 2.00 bits per heavy atom. The number of guanidine groups is 1. The van der Waals surface area contributed by atoms with Crippen LogP contribution in [-0.2, 0) is 0 Å². The third-order valence-electron chi connectivity index (χ3n) is 2.11. The molecule has 0 radical (unpaired) electrons. The van der Waals surface area contributed by atoms with Crippen LogP contribution in [-0.4, -0.2) is 44.2 Å². The zero-order valence-electron chi connectivity index (χ0n) is 10.1. The molecule has 0 aromatic carbocycles. The molecule has 0 rings (SSSR count). The maximum Gasteiger partial charge on any atom is 0.390 e. The Kier molecular flexibility index (Phi) is 6.92. The molecule has 16 heavy (non-hydrogen) atoms. The molecule has 0 saturated heterocycles. The lowest BCUT2D eigenvalue weighted by molar-refractivity contribution is -0.132. The minimum absolute atomic E-state index is 0.132. The van der Waals surface area contributed by atoms with E-state index in [0.29, 0.717) is 5.96 Å². The molecule has 0 heterocycles. The highest BCUT2D eigenvalue weighted by atomic mass is 19.4. The molecule has 0 bridgehead atoms. The van der Waals surface area contributed by atoms with E-state index in [4.69, 9.17) is 0 Å². The molecule has 3 nitrogen and oxygen atoms in total. The quantitative estimate of drug-likeness (QED) is 0.588. The number of rotatable bonds is 5. The minimum Gasteiger partial charge on any atom is -0.356 e. The van der Waals surface area contributed by atoms with Crippen LogP contribution in [0.5, 0.6) is 0 Å². The predicted molar refractivity (Wildman–Crippen MR) is 59.6 cm³/mol. The van der Waals surface area contributed by atoms with Crippen LogP contribution >= 0.6 is 0 Å². The second-order valence-electron chi connectivity index (χ2n) is 3.61. The molecule has 96 valence electrons. The van der Waals surface area contributed by atoms with E-state index in [1.54, 1.807) is 7.05 Å². The number of nitrogens with one attached hydrogen (secondary N) is 1. The normalized spacial score (nSPS) is 12.8. The summed E-state index contributed by atoms with van der Waals surface area (Å²) in [6.07, 6.45) is -2.91. The Balaban J connectivity index is 3.93. The predicted octanol–water partition coefficient (Wildman–Crippen LogP) is 2.25. The van der Waals surface area contributed by atoms with Crippen LogP contribution in [0.15, 0.2) is 4.99 Å². The van der Waals surface area contributed by atoms with Gasteiger partial charge in [-0.3, -0.25) is 4.99 Å². The average molecular weight is 239 g/mol. The van der Waals surface area contributed by atoms with Crippen LogP contribution in [0.2, 0.25) is 0 Å². The molecule has 0 amide bonds. The van der Waals surface area contributed by atoms with Crippen LogP contribution in [0.4, 0.5) is 13.2 Å². The van der Waals surface area contributed by atoms with Crippen LogP contribution < -0.4 is 5.32 Å². The molecule has 6 heteroatoms. The summed E-state index contributed by atoms with van der Waals surface area (Å²) < 4.78 is 35.8. The first kappa shape index (κ1) is 15.1. The van der Waals surface area contributed by atoms with E-state index >= 15 is 0 Å². The summed E-state index contributed by atoms with van der Waals surface area (Å²) in [5.41, 5.74) is 0. The lowest BCUT2D eigenvalue weighted by atomic mass is 10.3. The van der Waals surface area contributed by atoms with Gasteiger partial charge in [0.2, 0.25) is 0 Å². The standard InChI is InChI=1S/C10H20F3N3/c1-4-5-8-16(3)9(14-2)15-7-6-10(11,12)13/h4-8H2,1-3H3,(H,14,15). The Morgan fingerprint density at radius 1 is 1.38 bits per heavy atom. The third-order valence-corrected chi connectivity index (χ3v) is 2.11. The molecule has 0 saturated carbocycles. The molecule has 0 aromatic heterocycles. The maximum absolute atomic E-state index is 11.9. The van der Waals surface area contributed by atoms with E-state index < -0.39 is 12.6 Å². The van der Waals surface area contributed by atoms with Gasteiger partial charge in [0.1, 0.15) is 0 Å². The maximum atomic E-state index is 11.9. The van der Waals surface area contributed by atoms with Crippen molar-refractivity contribution < 1.29 is 13.2 Å². The van der Waals surface area contributed by atoms with Crippen molar-refractivity contribution in [3.05, 3.63) is 0 Å². The Labute approximate surface area is 94.7 Å². The average Bonchev–Trinajstić information content (AvgIpc) is 2.19. The largest absolute Gasteiger partial charge is 0.390 e. The van der Waals surface area contributed by atoms with Gasteiger partial charge in [-0.2, -0.15) is 13.2 Å². The summed E-state index contributed by atoms with van der Waals surface area (Å²) in [5.74, 6) is 0.512. The Morgan fingerprint density at radius 3 is 2.44 bits per heavy atom. The highest BCUT2D eigenvalue weighted by molar-refractivity contribution is 5.79. The lowest BCUT2D eigenvalue weighted by Crippen LogP contribution is -2.40. The van der Waals surface area contributed by atoms with E-state index in [-0.39, 0.29) is 6.54 Å². The van der Waals surface area contributed by atoms with Gasteiger partial charge < -0.3 is 10.2 Å². The van der Waals surface area contributed by atoms with Crippen LogP contribution in [0, 0.1) is 0 Å². The van der Waals surface area contributed by atoms with E-state index in [9.17, 15) is 13.2 Å². The molecule has 0 fully saturated rings. The van der Waals surface area contributed by atoms with Gasteiger partial charge in [0.05, 0.1) is 6.42 Å². The minimum atomic E-state index is -4.12. The smallest absolute Gasteiger partial charge is 0.356 e. The Hall–Kier alpha value is -0.940. The number of alkyl halides is 3. The molecule has 0 aliphatic carbocycles. The molecule has 0 aliphatic heterocycles. The zero-order chi connectivity index (χ0) is 12.6. The van der Waals surface area contributed by atoms with Crippen molar-refractivity contribution in [3.8, 4) is 0 Å². The fourth-order valence-corrected chi connectivity index (χ4v) is 1.20. The van der Waals surface area contributed by atoms with Gasteiger partial charge in [0.25, 0.3) is 0 Å². The van der Waals surface area contributed by atoms with Gasteiger partial charge >= 0.3 is 6.18 Å². The molecule has 1 N–H and O–H groups in total. The van der Waals surface area contributed by atoms with Crippen molar-refractivity contribution >= 4 is 5.96 Å². The molecular formula is C10H20F3N3. The van der Waals surface area contributed by atoms with E-state index in [2.05, 4.69) is 17.2 Å². The summed E-state index contributed by atoms with van der Waals surface area (Å²) in [7, 11) is 3.39. The van der Waals surface area contributed by atoms with Gasteiger partial charge in [0, 0.05) is 27.2 Å². The van der Waals surface area contributed by atoms with Crippen molar-refractivity contribution in [2.45, 2.75) is 32.4 Å². The molecular weight excluding hydrogens is 219 g/mol. The fourth-order valence-electron chi connectivity index (χ4n) is 1.20. The Bertz CT molecular complexity index is 214. The van der Waals surface area contributed by atoms with Crippen molar-refractivity contribution in [1.82, 2.24) is 10.2 Å². The highest BCUT2D eigenvalue weighted by Gasteiger charge is 2.26. The monoisotopic (exact) mass is 239 g/mol. The van der Waals surface area contributed by atoms with E-state index in [1.807, 2.05) is 11.9 Å². The first-order valence-electron chi connectivity index (χ1n) is 5.39. The summed E-state index contributed by atoms with van der Waals surface area (Å²) in [5, 5.41) is 2.69. The van der Waals surface area contributed by atoms with E-state index in [1.165, 1.54) is 0 Å². The number of hydrogen-bond acceptors (Lipinski definition) is 1. The first-order valence-corrected chi connectivity index (χ1v) is 5.39. The second kappa shape index (κ2) is 7.35. The highest BCUT2D eigenvalue weighted by Crippen LogP contribution is 2.18. The number of hydrogen-bond donors (Lipinski definition) is 1. The number of nitrogens with zero attached hydrogens (tertiary/aromatic N) is 2. The van der Waals surface area contributed by atoms with Gasteiger partial charge in [-0.05, 0) is 6.42 Å². The van der Waals surface area contributed by atoms with Gasteiger partial charge in [-0.15, -0.1) is 0 Å². The fraction of sp³-hybridized carbons (Fsp3) is 0.900. The summed E-state index contributed by atoms with van der Waals surface area (Å²) in [6, 6.07) is 0. The lowest BCUT2D eigenvalue weighted by Gasteiger charge is -2.22. The van der Waals surface area contributed by atoms with Crippen LogP contribution in [0.3, 0.4) is 0 Å². The topological polar surface area (TPSA) is 27.6 Å². The number of aliphatic imine (C=N–C) groups is 1. The SMILES string of the molecule is CCCCN(C)C(=NC)NCCC(F)(F)F. The summed E-state index contributed by atoms with van der Waals surface area (Å²) >= 11 is 0. The first-order chi connectivity index (χ1) is 7.40. The van der Waals surface area contributed by atoms with Crippen molar-refractivity contribution in [2.24, 2.45) is 4.99 Å². The van der Waals surface area contributed by atoms with E-state index in [0.717, 1.165) is 19.4 Å². The number of halogens is 3. The van der Waals surface area contributed by atoms with Gasteiger partial charge in [-0.1, -0.05) is 13.3 Å². The molecule has 0 spiro atoms. The van der Waals surface area contributed by atoms with Crippen molar-refractivity contribution in [1.29, 1.82) is 0 Å². The molecule has 0 unspecified atom stereocenters. The molecule has 0 aliphatic rings.